The van der Waals surface area contributed by atoms with Gasteiger partial charge in [0.2, 0.25) is 0 Å². The monoisotopic (exact) mass is 308 g/mol. The van der Waals surface area contributed by atoms with Gasteiger partial charge in [-0.15, -0.1) is 0 Å². The number of piperidine rings is 2. The Bertz CT molecular complexity index is 169. The molecule has 2 fully saturated rings. The zero-order chi connectivity index (χ0) is 9.80. The van der Waals surface area contributed by atoms with Gasteiger partial charge in [-0.3, -0.25) is 0 Å². The van der Waals surface area contributed by atoms with Gasteiger partial charge in [-0.25, -0.2) is 3.11 Å². The van der Waals surface area contributed by atoms with Crippen LogP contribution in [0.1, 0.15) is 32.1 Å². The van der Waals surface area contributed by atoms with E-state index in [-0.39, 0.29) is 0 Å². The molecule has 0 aromatic rings. The van der Waals surface area contributed by atoms with Crippen LogP contribution in [0.3, 0.4) is 0 Å². The maximum Gasteiger partial charge on any atom is 0.0201 e. The van der Waals surface area contributed by atoms with Gasteiger partial charge in [0.25, 0.3) is 0 Å². The highest BCUT2D eigenvalue weighted by atomic mass is 127. The van der Waals surface area contributed by atoms with E-state index in [4.69, 9.17) is 0 Å². The van der Waals surface area contributed by atoms with Gasteiger partial charge in [-0.05, 0) is 44.7 Å². The normalized spacial score (nSPS) is 31.9. The molecule has 2 aliphatic heterocycles. The zero-order valence-corrected chi connectivity index (χ0v) is 11.1. The lowest BCUT2D eigenvalue weighted by Crippen LogP contribution is -2.39. The minimum Gasteiger partial charge on any atom is -0.303 e. The lowest BCUT2D eigenvalue weighted by Gasteiger charge is -2.34. The minimum absolute atomic E-state index is 0.943. The van der Waals surface area contributed by atoms with E-state index in [0.29, 0.717) is 0 Å². The van der Waals surface area contributed by atoms with Gasteiger partial charge < -0.3 is 4.90 Å². The summed E-state index contributed by atoms with van der Waals surface area (Å²) in [7, 11) is 0. The van der Waals surface area contributed by atoms with Crippen molar-refractivity contribution in [1.29, 1.82) is 0 Å². The first kappa shape index (κ1) is 11.1. The molecule has 1 unspecified atom stereocenters. The molecule has 0 aromatic carbocycles. The Morgan fingerprint density at radius 1 is 1.00 bits per heavy atom. The van der Waals surface area contributed by atoms with Gasteiger partial charge in [0, 0.05) is 42.5 Å². The maximum absolute atomic E-state index is 2.68. The topological polar surface area (TPSA) is 6.48 Å². The third-order valence-electron chi connectivity index (χ3n) is 3.43. The smallest absolute Gasteiger partial charge is 0.0201 e. The standard InChI is InChI=1S/C11H21IN2/c12-14-8-4-5-11(10-14)9-13-6-2-1-3-7-13/h11H,1-10H2. The molecule has 0 aliphatic carbocycles. The number of hydrogen-bond acceptors (Lipinski definition) is 2. The highest BCUT2D eigenvalue weighted by molar-refractivity contribution is 14.1. The number of halogens is 1. The Kier molecular flexibility index (Phi) is 4.50. The van der Waals surface area contributed by atoms with Crippen LogP contribution in [0.25, 0.3) is 0 Å². The van der Waals surface area contributed by atoms with E-state index < -0.39 is 0 Å². The van der Waals surface area contributed by atoms with Gasteiger partial charge >= 0.3 is 0 Å². The Morgan fingerprint density at radius 3 is 2.50 bits per heavy atom. The summed E-state index contributed by atoms with van der Waals surface area (Å²) in [5.41, 5.74) is 0. The van der Waals surface area contributed by atoms with Crippen LogP contribution in [0.2, 0.25) is 0 Å². The van der Waals surface area contributed by atoms with Crippen molar-refractivity contribution < 1.29 is 0 Å². The molecule has 82 valence electrons. The van der Waals surface area contributed by atoms with Crippen molar-refractivity contribution in [3.63, 3.8) is 0 Å². The molecule has 3 heteroatoms. The number of hydrogen-bond donors (Lipinski definition) is 0. The molecule has 1 atom stereocenters. The number of nitrogens with zero attached hydrogens (tertiary/aromatic N) is 2. The summed E-state index contributed by atoms with van der Waals surface area (Å²) in [5, 5.41) is 0. The third-order valence-corrected chi connectivity index (χ3v) is 4.31. The van der Waals surface area contributed by atoms with E-state index >= 15 is 0 Å². The molecule has 0 amide bonds. The third kappa shape index (κ3) is 3.35. The summed E-state index contributed by atoms with van der Waals surface area (Å²) in [4.78, 5) is 2.68. The van der Waals surface area contributed by atoms with Crippen LogP contribution < -0.4 is 0 Å². The van der Waals surface area contributed by atoms with E-state index in [1.165, 1.54) is 64.8 Å². The SMILES string of the molecule is IN1CCCC(CN2CCCCC2)C1. The average molecular weight is 308 g/mol. The van der Waals surface area contributed by atoms with E-state index in [9.17, 15) is 0 Å². The van der Waals surface area contributed by atoms with E-state index in [1.807, 2.05) is 0 Å². The molecule has 0 aromatic heterocycles. The molecule has 2 aliphatic rings. The first-order valence-corrected chi connectivity index (χ1v) is 6.94. The quantitative estimate of drug-likeness (QED) is 0.571. The Labute approximate surface area is 102 Å². The van der Waals surface area contributed by atoms with Gasteiger partial charge in [-0.1, -0.05) is 6.42 Å². The van der Waals surface area contributed by atoms with Crippen LogP contribution in [0.5, 0.6) is 0 Å². The van der Waals surface area contributed by atoms with Crippen LogP contribution >= 0.6 is 22.9 Å². The second-order valence-electron chi connectivity index (χ2n) is 4.74. The molecule has 14 heavy (non-hydrogen) atoms. The predicted octanol–water partition coefficient (Wildman–Crippen LogP) is 2.53. The Balaban J connectivity index is 1.72. The maximum atomic E-state index is 2.68. The highest BCUT2D eigenvalue weighted by Crippen LogP contribution is 2.21. The van der Waals surface area contributed by atoms with Crippen molar-refractivity contribution in [3.05, 3.63) is 0 Å². The van der Waals surface area contributed by atoms with Crippen molar-refractivity contribution in [2.45, 2.75) is 32.1 Å². The Hall–Kier alpha value is 0.650. The van der Waals surface area contributed by atoms with Crippen molar-refractivity contribution in [2.24, 2.45) is 5.92 Å². The molecular formula is C11H21IN2. The van der Waals surface area contributed by atoms with Crippen LogP contribution in [0.15, 0.2) is 0 Å². The Morgan fingerprint density at radius 2 is 1.79 bits per heavy atom. The summed E-state index contributed by atoms with van der Waals surface area (Å²) in [6.07, 6.45) is 7.18. The second kappa shape index (κ2) is 5.66. The molecule has 0 saturated carbocycles. The first-order valence-electron chi connectivity index (χ1n) is 5.97. The molecule has 0 bridgehead atoms. The molecule has 0 spiro atoms. The van der Waals surface area contributed by atoms with Crippen molar-refractivity contribution in [1.82, 2.24) is 8.01 Å². The predicted molar refractivity (Wildman–Crippen MR) is 68.6 cm³/mol. The molecule has 2 heterocycles. The summed E-state index contributed by atoms with van der Waals surface area (Å²) in [5.74, 6) is 0.943. The molecule has 2 saturated heterocycles. The zero-order valence-electron chi connectivity index (χ0n) is 8.92. The van der Waals surface area contributed by atoms with Crippen LogP contribution in [-0.2, 0) is 0 Å². The molecule has 2 rings (SSSR count). The van der Waals surface area contributed by atoms with Crippen LogP contribution in [0, 0.1) is 5.92 Å². The highest BCUT2D eigenvalue weighted by Gasteiger charge is 2.21. The fourth-order valence-corrected chi connectivity index (χ4v) is 3.57. The number of likely N-dealkylation sites (tertiary alicyclic amines) is 1. The van der Waals surface area contributed by atoms with E-state index in [1.54, 1.807) is 0 Å². The second-order valence-corrected chi connectivity index (χ2v) is 6.10. The lowest BCUT2D eigenvalue weighted by atomic mass is 9.98. The van der Waals surface area contributed by atoms with Gasteiger partial charge in [0.1, 0.15) is 0 Å². The average Bonchev–Trinajstić information content (AvgIpc) is 2.19. The fourth-order valence-electron chi connectivity index (χ4n) is 2.67. The summed E-state index contributed by atoms with van der Waals surface area (Å²) in [6.45, 7) is 6.70. The summed E-state index contributed by atoms with van der Waals surface area (Å²) < 4.78 is 2.47. The molecule has 2 nitrogen and oxygen atoms in total. The lowest BCUT2D eigenvalue weighted by molar-refractivity contribution is 0.166. The van der Waals surface area contributed by atoms with Crippen molar-refractivity contribution >= 4 is 22.9 Å². The van der Waals surface area contributed by atoms with Crippen LogP contribution in [-0.4, -0.2) is 40.7 Å². The van der Waals surface area contributed by atoms with Crippen molar-refractivity contribution in [2.75, 3.05) is 32.7 Å². The van der Waals surface area contributed by atoms with Crippen LogP contribution in [0.4, 0.5) is 0 Å². The molecular weight excluding hydrogens is 287 g/mol. The van der Waals surface area contributed by atoms with Crippen molar-refractivity contribution in [3.8, 4) is 0 Å². The molecule has 0 radical (unpaired) electrons. The van der Waals surface area contributed by atoms with E-state index in [2.05, 4.69) is 30.9 Å². The largest absolute Gasteiger partial charge is 0.303 e. The fraction of sp³-hybridized carbons (Fsp3) is 1.00. The van der Waals surface area contributed by atoms with Gasteiger partial charge in [-0.2, -0.15) is 0 Å². The van der Waals surface area contributed by atoms with E-state index in [0.717, 1.165) is 5.92 Å². The van der Waals surface area contributed by atoms with Gasteiger partial charge in [0.05, 0.1) is 0 Å². The van der Waals surface area contributed by atoms with Gasteiger partial charge in [0.15, 0.2) is 0 Å². The molecule has 0 N–H and O–H groups in total. The summed E-state index contributed by atoms with van der Waals surface area (Å²) in [6, 6.07) is 0. The number of rotatable bonds is 2. The summed E-state index contributed by atoms with van der Waals surface area (Å²) >= 11 is 2.48. The minimum atomic E-state index is 0.943. The first-order chi connectivity index (χ1) is 6.84.